The fourth-order valence-corrected chi connectivity index (χ4v) is 2.92. The Morgan fingerprint density at radius 2 is 2.11 bits per heavy atom. The summed E-state index contributed by atoms with van der Waals surface area (Å²) in [5, 5.41) is 8.77. The van der Waals surface area contributed by atoms with Gasteiger partial charge in [-0.15, -0.1) is 0 Å². The highest BCUT2D eigenvalue weighted by atomic mass is 79.9. The molecule has 0 aliphatic carbocycles. The lowest BCUT2D eigenvalue weighted by atomic mass is 9.93. The number of rotatable bonds is 4. The van der Waals surface area contributed by atoms with Gasteiger partial charge in [-0.05, 0) is 65.5 Å². The van der Waals surface area contributed by atoms with Crippen molar-refractivity contribution in [2.45, 2.75) is 25.8 Å². The van der Waals surface area contributed by atoms with Gasteiger partial charge in [0.05, 0.1) is 4.47 Å². The smallest absolute Gasteiger partial charge is 0.303 e. The average Bonchev–Trinajstić information content (AvgIpc) is 2.36. The van der Waals surface area contributed by atoms with Gasteiger partial charge in [0.2, 0.25) is 0 Å². The van der Waals surface area contributed by atoms with Crippen LogP contribution in [0.25, 0.3) is 0 Å². The van der Waals surface area contributed by atoms with E-state index in [0.717, 1.165) is 38.0 Å². The molecule has 0 spiro atoms. The van der Waals surface area contributed by atoms with E-state index in [4.69, 9.17) is 5.11 Å². The van der Waals surface area contributed by atoms with Gasteiger partial charge < -0.3 is 5.11 Å². The molecular formula is C14H17BrFNO2. The van der Waals surface area contributed by atoms with Crippen molar-refractivity contribution in [3.8, 4) is 0 Å². The van der Waals surface area contributed by atoms with Crippen LogP contribution in [0.1, 0.15) is 24.8 Å². The first-order chi connectivity index (χ1) is 9.04. The Morgan fingerprint density at radius 1 is 1.42 bits per heavy atom. The maximum atomic E-state index is 13.1. The van der Waals surface area contributed by atoms with Crippen molar-refractivity contribution < 1.29 is 14.3 Å². The second-order valence-electron chi connectivity index (χ2n) is 5.07. The molecule has 1 aliphatic rings. The predicted molar refractivity (Wildman–Crippen MR) is 74.4 cm³/mol. The van der Waals surface area contributed by atoms with E-state index in [9.17, 15) is 9.18 Å². The minimum Gasteiger partial charge on any atom is -0.481 e. The van der Waals surface area contributed by atoms with E-state index >= 15 is 0 Å². The summed E-state index contributed by atoms with van der Waals surface area (Å²) in [5.74, 6) is -0.654. The molecule has 19 heavy (non-hydrogen) atoms. The first-order valence-electron chi connectivity index (χ1n) is 6.42. The molecule has 5 heteroatoms. The Balaban J connectivity index is 1.85. The highest BCUT2D eigenvalue weighted by Gasteiger charge is 2.21. The van der Waals surface area contributed by atoms with Crippen LogP contribution in [0.2, 0.25) is 0 Å². The third-order valence-electron chi connectivity index (χ3n) is 3.56. The maximum absolute atomic E-state index is 13.1. The summed E-state index contributed by atoms with van der Waals surface area (Å²) in [7, 11) is 0. The highest BCUT2D eigenvalue weighted by Crippen LogP contribution is 2.23. The Hall–Kier alpha value is -0.940. The zero-order valence-corrected chi connectivity index (χ0v) is 12.2. The van der Waals surface area contributed by atoms with Crippen LogP contribution in [0, 0.1) is 11.7 Å². The number of carboxylic acids is 1. The Morgan fingerprint density at radius 3 is 2.68 bits per heavy atom. The number of hydrogen-bond acceptors (Lipinski definition) is 2. The van der Waals surface area contributed by atoms with Crippen molar-refractivity contribution in [3.63, 3.8) is 0 Å². The number of nitrogens with zero attached hydrogens (tertiary/aromatic N) is 1. The van der Waals surface area contributed by atoms with Crippen LogP contribution < -0.4 is 0 Å². The summed E-state index contributed by atoms with van der Waals surface area (Å²) in [4.78, 5) is 12.9. The van der Waals surface area contributed by atoms with Crippen molar-refractivity contribution in [2.75, 3.05) is 13.1 Å². The minimum atomic E-state index is -0.707. The molecule has 1 aromatic rings. The van der Waals surface area contributed by atoms with E-state index in [1.807, 2.05) is 0 Å². The van der Waals surface area contributed by atoms with Gasteiger partial charge in [0.1, 0.15) is 5.82 Å². The fourth-order valence-electron chi connectivity index (χ4n) is 2.49. The first kappa shape index (κ1) is 14.5. The molecule has 0 aromatic heterocycles. The molecule has 0 bridgehead atoms. The third kappa shape index (κ3) is 4.28. The molecule has 1 aliphatic heterocycles. The van der Waals surface area contributed by atoms with Crippen molar-refractivity contribution in [3.05, 3.63) is 34.1 Å². The number of aliphatic carboxylic acids is 1. The van der Waals surface area contributed by atoms with Crippen molar-refractivity contribution >= 4 is 21.9 Å². The van der Waals surface area contributed by atoms with Gasteiger partial charge in [-0.2, -0.15) is 0 Å². The summed E-state index contributed by atoms with van der Waals surface area (Å²) in [6, 6.07) is 5.07. The van der Waals surface area contributed by atoms with E-state index in [0.29, 0.717) is 10.4 Å². The van der Waals surface area contributed by atoms with Gasteiger partial charge in [-0.25, -0.2) is 4.39 Å². The molecule has 1 fully saturated rings. The number of carboxylic acid groups (broad SMARTS) is 1. The maximum Gasteiger partial charge on any atom is 0.303 e. The van der Waals surface area contributed by atoms with Crippen molar-refractivity contribution in [1.82, 2.24) is 4.90 Å². The van der Waals surface area contributed by atoms with E-state index in [-0.39, 0.29) is 12.2 Å². The highest BCUT2D eigenvalue weighted by molar-refractivity contribution is 9.10. The number of halogens is 2. The summed E-state index contributed by atoms with van der Waals surface area (Å²) in [6.45, 7) is 2.61. The Kier molecular flexibility index (Phi) is 4.93. The Labute approximate surface area is 120 Å². The second-order valence-corrected chi connectivity index (χ2v) is 5.92. The van der Waals surface area contributed by atoms with E-state index in [2.05, 4.69) is 20.8 Å². The lowest BCUT2D eigenvalue weighted by Gasteiger charge is -2.31. The molecular weight excluding hydrogens is 313 g/mol. The topological polar surface area (TPSA) is 40.5 Å². The van der Waals surface area contributed by atoms with Crippen molar-refractivity contribution in [1.29, 1.82) is 0 Å². The molecule has 0 unspecified atom stereocenters. The van der Waals surface area contributed by atoms with Crippen LogP contribution in [0.5, 0.6) is 0 Å². The molecule has 104 valence electrons. The van der Waals surface area contributed by atoms with Crippen molar-refractivity contribution in [2.24, 2.45) is 5.92 Å². The summed E-state index contributed by atoms with van der Waals surface area (Å²) >= 11 is 3.19. The lowest BCUT2D eigenvalue weighted by molar-refractivity contribution is -0.138. The number of benzene rings is 1. The molecule has 0 radical (unpaired) electrons. The fraction of sp³-hybridized carbons (Fsp3) is 0.500. The van der Waals surface area contributed by atoms with Gasteiger partial charge in [0.25, 0.3) is 0 Å². The third-order valence-corrected chi connectivity index (χ3v) is 4.17. The number of carbonyl (C=O) groups is 1. The van der Waals surface area contributed by atoms with E-state index < -0.39 is 5.97 Å². The molecule has 0 saturated carbocycles. The molecule has 1 heterocycles. The van der Waals surface area contributed by atoms with E-state index in [1.54, 1.807) is 12.1 Å². The zero-order chi connectivity index (χ0) is 13.8. The van der Waals surface area contributed by atoms with Gasteiger partial charge >= 0.3 is 5.97 Å². The quantitative estimate of drug-likeness (QED) is 0.921. The van der Waals surface area contributed by atoms with Crippen LogP contribution in [0.4, 0.5) is 4.39 Å². The molecule has 3 nitrogen and oxygen atoms in total. The lowest BCUT2D eigenvalue weighted by Crippen LogP contribution is -2.33. The second kappa shape index (κ2) is 6.48. The van der Waals surface area contributed by atoms with Crippen LogP contribution in [0.15, 0.2) is 22.7 Å². The Bertz CT molecular complexity index is 459. The SMILES string of the molecule is O=C(O)CC1CCN(Cc2ccc(F)c(Br)c2)CC1. The summed E-state index contributed by atoms with van der Waals surface area (Å²) in [5.41, 5.74) is 1.07. The van der Waals surface area contributed by atoms with Gasteiger partial charge in [-0.3, -0.25) is 9.69 Å². The first-order valence-corrected chi connectivity index (χ1v) is 7.22. The monoisotopic (exact) mass is 329 g/mol. The van der Waals surface area contributed by atoms with Crippen LogP contribution in [-0.4, -0.2) is 29.1 Å². The average molecular weight is 330 g/mol. The molecule has 0 atom stereocenters. The predicted octanol–water partition coefficient (Wildman–Crippen LogP) is 3.27. The van der Waals surface area contributed by atoms with Gasteiger partial charge in [0.15, 0.2) is 0 Å². The van der Waals surface area contributed by atoms with Crippen LogP contribution in [0.3, 0.4) is 0 Å². The summed E-state index contributed by atoms with van der Waals surface area (Å²) < 4.78 is 13.6. The normalized spacial score (nSPS) is 17.6. The zero-order valence-electron chi connectivity index (χ0n) is 10.6. The number of piperidine rings is 1. The molecule has 1 aromatic carbocycles. The molecule has 1 saturated heterocycles. The van der Waals surface area contributed by atoms with Gasteiger partial charge in [0, 0.05) is 13.0 Å². The van der Waals surface area contributed by atoms with Gasteiger partial charge in [-0.1, -0.05) is 6.07 Å². The summed E-state index contributed by atoms with van der Waals surface area (Å²) in [6.07, 6.45) is 2.12. The minimum absolute atomic E-state index is 0.246. The van der Waals surface area contributed by atoms with Crippen LogP contribution >= 0.6 is 15.9 Å². The number of likely N-dealkylation sites (tertiary alicyclic amines) is 1. The van der Waals surface area contributed by atoms with E-state index in [1.165, 1.54) is 6.07 Å². The largest absolute Gasteiger partial charge is 0.481 e. The van der Waals surface area contributed by atoms with Crippen LogP contribution in [-0.2, 0) is 11.3 Å². The molecule has 1 N–H and O–H groups in total. The molecule has 2 rings (SSSR count). The standard InChI is InChI=1S/C14H17BrFNO2/c15-12-7-11(1-2-13(12)16)9-17-5-3-10(4-6-17)8-14(18)19/h1-2,7,10H,3-6,8-9H2,(H,18,19). The molecule has 0 amide bonds. The number of hydrogen-bond donors (Lipinski definition) is 1.